The molecule has 0 radical (unpaired) electrons. The molecule has 244 valence electrons. The van der Waals surface area contributed by atoms with Crippen molar-refractivity contribution in [1.82, 2.24) is 0 Å². The molecular weight excluding hydrogens is 562 g/mol. The molecule has 0 aliphatic rings. The number of esters is 1. The quantitative estimate of drug-likeness (QED) is 0.126. The molecule has 0 aromatic heterocycles. The van der Waals surface area contributed by atoms with Crippen LogP contribution in [0.15, 0.2) is 18.2 Å². The third-order valence-electron chi connectivity index (χ3n) is 6.97. The van der Waals surface area contributed by atoms with E-state index in [-0.39, 0.29) is 43.0 Å². The van der Waals surface area contributed by atoms with Crippen LogP contribution < -0.4 is 15.2 Å². The van der Waals surface area contributed by atoms with Gasteiger partial charge in [0, 0.05) is 0 Å². The van der Waals surface area contributed by atoms with Crippen molar-refractivity contribution >= 4 is 24.4 Å². The second-order valence-corrected chi connectivity index (χ2v) is 11.4. The number of rotatable bonds is 16. The van der Waals surface area contributed by atoms with Gasteiger partial charge in [-0.1, -0.05) is 53.5 Å². The van der Waals surface area contributed by atoms with Crippen LogP contribution >= 0.6 is 0 Å². The van der Waals surface area contributed by atoms with Gasteiger partial charge >= 0.3 is 24.4 Å². The van der Waals surface area contributed by atoms with Gasteiger partial charge in [0.1, 0.15) is 23.9 Å². The third-order valence-corrected chi connectivity index (χ3v) is 6.97. The molecule has 43 heavy (non-hydrogen) atoms. The van der Waals surface area contributed by atoms with Crippen molar-refractivity contribution in [3.63, 3.8) is 0 Å². The normalized spacial score (nSPS) is 14.7. The van der Waals surface area contributed by atoms with Crippen LogP contribution in [0.2, 0.25) is 0 Å². The van der Waals surface area contributed by atoms with E-state index in [2.05, 4.69) is 0 Å². The number of ether oxygens (including phenoxy) is 7. The fourth-order valence-electron chi connectivity index (χ4n) is 3.01. The minimum absolute atomic E-state index is 0.00938. The Balaban J connectivity index is 2.93. The zero-order valence-corrected chi connectivity index (χ0v) is 26.9. The minimum Gasteiger partial charge on any atom is -0.458 e. The fraction of sp³-hybridized carbons (Fsp3) is 0.677. The molecule has 0 saturated carbocycles. The molecule has 1 aromatic rings. The summed E-state index contributed by atoms with van der Waals surface area (Å²) in [5, 5.41) is 0. The van der Waals surface area contributed by atoms with E-state index in [0.717, 1.165) is 12.8 Å². The SMILES string of the molecule is CCC(C)COC(=O)Oc1ccc(C[C@H](N)C(=O)O[C@@H](C)[C@H](C)OC(=O)OC(C)(C)CC)cc1OC(=O)OCC(C)CC. The van der Waals surface area contributed by atoms with Crippen molar-refractivity contribution in [3.8, 4) is 11.5 Å². The second-order valence-electron chi connectivity index (χ2n) is 11.4. The van der Waals surface area contributed by atoms with Gasteiger partial charge in [0.05, 0.1) is 13.2 Å². The van der Waals surface area contributed by atoms with E-state index in [1.807, 2.05) is 34.6 Å². The van der Waals surface area contributed by atoms with Crippen molar-refractivity contribution in [1.29, 1.82) is 0 Å². The van der Waals surface area contributed by atoms with Crippen molar-refractivity contribution in [2.24, 2.45) is 17.6 Å². The Morgan fingerprint density at radius 2 is 1.28 bits per heavy atom. The number of hydrogen-bond acceptors (Lipinski definition) is 12. The lowest BCUT2D eigenvalue weighted by Crippen LogP contribution is -2.40. The first-order valence-corrected chi connectivity index (χ1v) is 14.8. The predicted molar refractivity (Wildman–Crippen MR) is 158 cm³/mol. The molecule has 0 aliphatic carbocycles. The maximum absolute atomic E-state index is 12.7. The minimum atomic E-state index is -1.11. The van der Waals surface area contributed by atoms with Crippen LogP contribution in [0.5, 0.6) is 11.5 Å². The molecule has 2 N–H and O–H groups in total. The molecular formula is C31H49NO11. The van der Waals surface area contributed by atoms with Gasteiger partial charge in [0.15, 0.2) is 11.5 Å². The Hall–Kier alpha value is -3.54. The first-order valence-electron chi connectivity index (χ1n) is 14.8. The van der Waals surface area contributed by atoms with Crippen molar-refractivity contribution < 1.29 is 52.3 Å². The smallest absolute Gasteiger partial charge is 0.458 e. The van der Waals surface area contributed by atoms with Gasteiger partial charge in [0.25, 0.3) is 0 Å². The highest BCUT2D eigenvalue weighted by molar-refractivity contribution is 5.76. The lowest BCUT2D eigenvalue weighted by Gasteiger charge is -2.26. The average molecular weight is 612 g/mol. The molecule has 1 aromatic carbocycles. The summed E-state index contributed by atoms with van der Waals surface area (Å²) in [5.41, 5.74) is 5.89. The maximum Gasteiger partial charge on any atom is 0.513 e. The van der Waals surface area contributed by atoms with Gasteiger partial charge in [-0.3, -0.25) is 4.79 Å². The molecule has 0 aliphatic heterocycles. The largest absolute Gasteiger partial charge is 0.513 e. The molecule has 12 heteroatoms. The summed E-state index contributed by atoms with van der Waals surface area (Å²) in [5.74, 6) is -0.668. The fourth-order valence-corrected chi connectivity index (χ4v) is 3.01. The zero-order chi connectivity index (χ0) is 32.7. The summed E-state index contributed by atoms with van der Waals surface area (Å²) in [6, 6.07) is 3.26. The Morgan fingerprint density at radius 1 is 0.767 bits per heavy atom. The summed E-state index contributed by atoms with van der Waals surface area (Å²) in [4.78, 5) is 49.4. The summed E-state index contributed by atoms with van der Waals surface area (Å²) in [6.45, 7) is 16.6. The number of hydrogen-bond donors (Lipinski definition) is 1. The topological polar surface area (TPSA) is 159 Å². The lowest BCUT2D eigenvalue weighted by atomic mass is 10.1. The second kappa shape index (κ2) is 18.2. The first-order chi connectivity index (χ1) is 20.1. The first kappa shape index (κ1) is 37.5. The van der Waals surface area contributed by atoms with E-state index in [1.165, 1.54) is 12.1 Å². The van der Waals surface area contributed by atoms with E-state index in [1.54, 1.807) is 33.8 Å². The maximum atomic E-state index is 12.7. The molecule has 0 spiro atoms. The molecule has 1 rings (SSSR count). The number of carbonyl (C=O) groups is 4. The van der Waals surface area contributed by atoms with Crippen molar-refractivity contribution in [2.45, 2.75) is 112 Å². The standard InChI is InChI=1S/C31H49NO11/c1-10-19(4)17-37-28(34)41-25-14-13-23(16-26(25)42-29(35)38-18-20(5)11-2)15-24(32)27(33)39-21(6)22(7)40-30(36)43-31(8,9)12-3/h13-14,16,19-22,24H,10-12,15,17-18,32H2,1-9H3/t19?,20?,21-,22-,24-/m0/s1. The summed E-state index contributed by atoms with van der Waals surface area (Å²) < 4.78 is 36.8. The molecule has 12 nitrogen and oxygen atoms in total. The molecule has 0 bridgehead atoms. The lowest BCUT2D eigenvalue weighted by molar-refractivity contribution is -0.156. The van der Waals surface area contributed by atoms with Gasteiger partial charge < -0.3 is 38.9 Å². The predicted octanol–water partition coefficient (Wildman–Crippen LogP) is 6.34. The Bertz CT molecular complexity index is 1060. The number of nitrogens with two attached hydrogens (primary N) is 1. The van der Waals surface area contributed by atoms with Crippen LogP contribution in [0.3, 0.4) is 0 Å². The van der Waals surface area contributed by atoms with Crippen LogP contribution in [0.1, 0.15) is 87.1 Å². The van der Waals surface area contributed by atoms with Gasteiger partial charge in [-0.2, -0.15) is 0 Å². The molecule has 0 heterocycles. The summed E-state index contributed by atoms with van der Waals surface area (Å²) in [6.07, 6.45) is -2.22. The van der Waals surface area contributed by atoms with Crippen LogP contribution in [-0.2, 0) is 34.9 Å². The van der Waals surface area contributed by atoms with Gasteiger partial charge in [-0.15, -0.1) is 0 Å². The van der Waals surface area contributed by atoms with Crippen LogP contribution in [0.25, 0.3) is 0 Å². The zero-order valence-electron chi connectivity index (χ0n) is 26.9. The van der Waals surface area contributed by atoms with Gasteiger partial charge in [0.2, 0.25) is 0 Å². The highest BCUT2D eigenvalue weighted by Crippen LogP contribution is 2.30. The van der Waals surface area contributed by atoms with E-state index in [9.17, 15) is 19.2 Å². The van der Waals surface area contributed by atoms with E-state index in [4.69, 9.17) is 38.9 Å². The van der Waals surface area contributed by atoms with E-state index >= 15 is 0 Å². The van der Waals surface area contributed by atoms with E-state index < -0.39 is 48.3 Å². The van der Waals surface area contributed by atoms with Crippen molar-refractivity contribution in [3.05, 3.63) is 23.8 Å². The summed E-state index contributed by atoms with van der Waals surface area (Å²) >= 11 is 0. The average Bonchev–Trinajstić information content (AvgIpc) is 2.95. The molecule has 0 fully saturated rings. The van der Waals surface area contributed by atoms with Crippen LogP contribution in [0.4, 0.5) is 14.4 Å². The highest BCUT2D eigenvalue weighted by Gasteiger charge is 2.28. The third kappa shape index (κ3) is 14.5. The highest BCUT2D eigenvalue weighted by atomic mass is 16.8. The number of carbonyl (C=O) groups excluding carboxylic acids is 4. The molecule has 0 saturated heterocycles. The number of benzene rings is 1. The van der Waals surface area contributed by atoms with Gasteiger partial charge in [-0.05, 0) is 70.1 Å². The van der Waals surface area contributed by atoms with Crippen molar-refractivity contribution in [2.75, 3.05) is 13.2 Å². The summed E-state index contributed by atoms with van der Waals surface area (Å²) in [7, 11) is 0. The van der Waals surface area contributed by atoms with Crippen LogP contribution in [-0.4, -0.2) is 61.5 Å². The van der Waals surface area contributed by atoms with E-state index in [0.29, 0.717) is 12.0 Å². The monoisotopic (exact) mass is 611 g/mol. The molecule has 5 atom stereocenters. The molecule has 0 amide bonds. The van der Waals surface area contributed by atoms with Crippen LogP contribution in [0, 0.1) is 11.8 Å². The molecule has 2 unspecified atom stereocenters. The Morgan fingerprint density at radius 3 is 1.79 bits per heavy atom. The Kier molecular flexibility index (Phi) is 15.9. The van der Waals surface area contributed by atoms with Gasteiger partial charge in [-0.25, -0.2) is 14.4 Å². The Labute approximate surface area is 254 Å².